The average Bonchev–Trinajstić information content (AvgIpc) is 4.00. The van der Waals surface area contributed by atoms with Crippen LogP contribution in [0.5, 0.6) is 0 Å². The molecule has 0 saturated heterocycles. The van der Waals surface area contributed by atoms with Crippen LogP contribution < -0.4 is 4.90 Å². The SMILES string of the molecule is CC1(C)c2ccccc2-c2ccc(N(c3ccc(-c4ccccc4)cc3)c3ccc(-c4ccc5c6c7sc8ccccc8c7ccc6n(-c6ccc(-c7ccccc7)cc6)c5c4)cc3)cc21. The molecule has 312 valence electrons. The molecule has 3 heteroatoms. The summed E-state index contributed by atoms with van der Waals surface area (Å²) in [4.78, 5) is 2.41. The second-order valence-electron chi connectivity index (χ2n) is 18.1. The van der Waals surface area contributed by atoms with Crippen molar-refractivity contribution in [2.75, 3.05) is 4.90 Å². The maximum absolute atomic E-state index is 2.47. The first kappa shape index (κ1) is 38.5. The molecule has 0 N–H and O–H groups in total. The van der Waals surface area contributed by atoms with Gasteiger partial charge in [-0.15, -0.1) is 11.3 Å². The van der Waals surface area contributed by atoms with Crippen molar-refractivity contribution in [2.45, 2.75) is 19.3 Å². The van der Waals surface area contributed by atoms with Gasteiger partial charge in [-0.2, -0.15) is 0 Å². The van der Waals surface area contributed by atoms with Crippen LogP contribution in [0.2, 0.25) is 0 Å². The number of hydrogen-bond acceptors (Lipinski definition) is 2. The first-order chi connectivity index (χ1) is 32.5. The van der Waals surface area contributed by atoms with Gasteiger partial charge in [0.2, 0.25) is 0 Å². The normalized spacial score (nSPS) is 12.8. The molecule has 0 aliphatic heterocycles. The highest BCUT2D eigenvalue weighted by molar-refractivity contribution is 7.26. The van der Waals surface area contributed by atoms with E-state index in [9.17, 15) is 0 Å². The molecule has 0 unspecified atom stereocenters. The van der Waals surface area contributed by atoms with E-state index in [0.29, 0.717) is 0 Å². The number of fused-ring (bicyclic) bond motifs is 10. The van der Waals surface area contributed by atoms with E-state index in [1.54, 1.807) is 0 Å². The predicted octanol–water partition coefficient (Wildman–Crippen LogP) is 17.9. The molecular formula is C63H44N2S. The van der Waals surface area contributed by atoms with Crippen LogP contribution >= 0.6 is 11.3 Å². The zero-order valence-corrected chi connectivity index (χ0v) is 37.6. The topological polar surface area (TPSA) is 8.17 Å². The van der Waals surface area contributed by atoms with Crippen LogP contribution in [-0.2, 0) is 5.41 Å². The molecule has 0 radical (unpaired) electrons. The summed E-state index contributed by atoms with van der Waals surface area (Å²) in [5.41, 5.74) is 19.4. The van der Waals surface area contributed by atoms with Crippen molar-refractivity contribution >= 4 is 70.4 Å². The minimum atomic E-state index is -0.109. The summed E-state index contributed by atoms with van der Waals surface area (Å²) in [6, 6.07) is 84.9. The lowest BCUT2D eigenvalue weighted by molar-refractivity contribution is 0.660. The molecule has 0 atom stereocenters. The lowest BCUT2D eigenvalue weighted by atomic mass is 9.82. The highest BCUT2D eigenvalue weighted by atomic mass is 32.1. The van der Waals surface area contributed by atoms with Crippen LogP contribution in [0.1, 0.15) is 25.0 Å². The van der Waals surface area contributed by atoms with Crippen LogP contribution in [0.4, 0.5) is 17.1 Å². The van der Waals surface area contributed by atoms with Gasteiger partial charge >= 0.3 is 0 Å². The molecule has 0 spiro atoms. The van der Waals surface area contributed by atoms with Gasteiger partial charge in [0.1, 0.15) is 0 Å². The number of aromatic nitrogens is 1. The number of hydrogen-bond donors (Lipinski definition) is 0. The van der Waals surface area contributed by atoms with Gasteiger partial charge < -0.3 is 9.47 Å². The van der Waals surface area contributed by atoms with E-state index in [2.05, 4.69) is 254 Å². The Morgan fingerprint density at radius 3 is 1.61 bits per heavy atom. The molecule has 2 aromatic heterocycles. The molecule has 13 rings (SSSR count). The van der Waals surface area contributed by atoms with E-state index in [0.717, 1.165) is 22.7 Å². The summed E-state index contributed by atoms with van der Waals surface area (Å²) in [7, 11) is 0. The first-order valence-electron chi connectivity index (χ1n) is 22.8. The van der Waals surface area contributed by atoms with Crippen molar-refractivity contribution in [3.05, 3.63) is 242 Å². The van der Waals surface area contributed by atoms with Gasteiger partial charge in [-0.05, 0) is 122 Å². The summed E-state index contributed by atoms with van der Waals surface area (Å²) in [5.74, 6) is 0. The number of nitrogens with zero attached hydrogens (tertiary/aromatic N) is 2. The van der Waals surface area contributed by atoms with Crippen molar-refractivity contribution in [3.63, 3.8) is 0 Å². The van der Waals surface area contributed by atoms with Crippen LogP contribution in [0.3, 0.4) is 0 Å². The molecule has 1 aliphatic carbocycles. The maximum atomic E-state index is 2.47. The molecule has 2 heterocycles. The van der Waals surface area contributed by atoms with Crippen molar-refractivity contribution in [3.8, 4) is 50.2 Å². The van der Waals surface area contributed by atoms with E-state index >= 15 is 0 Å². The second-order valence-corrected chi connectivity index (χ2v) is 19.2. The number of rotatable bonds is 7. The summed E-state index contributed by atoms with van der Waals surface area (Å²) in [6.07, 6.45) is 0. The number of anilines is 3. The first-order valence-corrected chi connectivity index (χ1v) is 23.6. The van der Waals surface area contributed by atoms with Gasteiger partial charge in [0, 0.05) is 59.1 Å². The molecule has 0 bridgehead atoms. The van der Waals surface area contributed by atoms with E-state index in [1.165, 1.54) is 97.6 Å². The predicted molar refractivity (Wildman–Crippen MR) is 282 cm³/mol. The van der Waals surface area contributed by atoms with Crippen LogP contribution in [0, 0.1) is 0 Å². The van der Waals surface area contributed by atoms with Gasteiger partial charge in [-0.1, -0.05) is 178 Å². The quantitative estimate of drug-likeness (QED) is 0.155. The summed E-state index contributed by atoms with van der Waals surface area (Å²) < 4.78 is 5.13. The van der Waals surface area contributed by atoms with Crippen molar-refractivity contribution < 1.29 is 0 Å². The van der Waals surface area contributed by atoms with Crippen molar-refractivity contribution in [2.24, 2.45) is 0 Å². The Morgan fingerprint density at radius 1 is 0.379 bits per heavy atom. The van der Waals surface area contributed by atoms with Crippen LogP contribution in [-0.4, -0.2) is 4.57 Å². The third-order valence-corrected chi connectivity index (χ3v) is 15.2. The second kappa shape index (κ2) is 15.1. The fraction of sp³-hybridized carbons (Fsp3) is 0.0476. The van der Waals surface area contributed by atoms with E-state index < -0.39 is 0 Å². The number of benzene rings is 10. The summed E-state index contributed by atoms with van der Waals surface area (Å²) in [6.45, 7) is 4.72. The van der Waals surface area contributed by atoms with Gasteiger partial charge in [0.05, 0.1) is 11.0 Å². The molecular weight excluding hydrogens is 817 g/mol. The van der Waals surface area contributed by atoms with Gasteiger partial charge in [0.25, 0.3) is 0 Å². The Bertz CT molecular complexity index is 3800. The molecule has 0 saturated carbocycles. The van der Waals surface area contributed by atoms with Crippen molar-refractivity contribution in [1.29, 1.82) is 0 Å². The summed E-state index contributed by atoms with van der Waals surface area (Å²) >= 11 is 1.90. The molecule has 0 amide bonds. The Balaban J connectivity index is 0.939. The lowest BCUT2D eigenvalue weighted by Crippen LogP contribution is -2.16. The highest BCUT2D eigenvalue weighted by Crippen LogP contribution is 2.51. The Labute approximate surface area is 388 Å². The van der Waals surface area contributed by atoms with E-state index in [-0.39, 0.29) is 5.41 Å². The maximum Gasteiger partial charge on any atom is 0.0555 e. The minimum absolute atomic E-state index is 0.109. The van der Waals surface area contributed by atoms with Gasteiger partial charge in [-0.25, -0.2) is 0 Å². The highest BCUT2D eigenvalue weighted by Gasteiger charge is 2.35. The number of thiophene rings is 1. The lowest BCUT2D eigenvalue weighted by Gasteiger charge is -2.28. The monoisotopic (exact) mass is 860 g/mol. The van der Waals surface area contributed by atoms with Crippen LogP contribution in [0.15, 0.2) is 231 Å². The average molecular weight is 861 g/mol. The van der Waals surface area contributed by atoms with Gasteiger partial charge in [-0.3, -0.25) is 0 Å². The molecule has 66 heavy (non-hydrogen) atoms. The van der Waals surface area contributed by atoms with Gasteiger partial charge in [0.15, 0.2) is 0 Å². The third kappa shape index (κ3) is 6.08. The zero-order chi connectivity index (χ0) is 43.9. The smallest absolute Gasteiger partial charge is 0.0555 e. The molecule has 10 aromatic carbocycles. The zero-order valence-electron chi connectivity index (χ0n) is 36.7. The minimum Gasteiger partial charge on any atom is -0.310 e. The fourth-order valence-corrected chi connectivity index (χ4v) is 11.9. The third-order valence-electron chi connectivity index (χ3n) is 14.0. The van der Waals surface area contributed by atoms with Crippen LogP contribution in [0.25, 0.3) is 92.2 Å². The summed E-state index contributed by atoms with van der Waals surface area (Å²) in [5, 5.41) is 5.21. The molecule has 2 nitrogen and oxygen atoms in total. The molecule has 1 aliphatic rings. The Morgan fingerprint density at radius 2 is 0.909 bits per heavy atom. The van der Waals surface area contributed by atoms with E-state index in [1.807, 2.05) is 11.3 Å². The molecule has 0 fully saturated rings. The Hall–Kier alpha value is -7.98. The molecule has 12 aromatic rings. The standard InChI is InChI=1S/C63H44N2S/c1-63(2)56-19-11-9-17-51(56)52-36-34-50(40-57(52)63)64(47-28-21-43(22-29-47)41-13-5-3-6-14-41)48-30-25-45(26-31-48)46-27-35-55-59(39-46)65(49-32-23-44(24-33-49)42-15-7-4-8-16-42)58-38-37-54-53-18-10-12-20-60(53)66-62(54)61(55)58/h3-40H,1-2H3. The largest absolute Gasteiger partial charge is 0.310 e. The fourth-order valence-electron chi connectivity index (χ4n) is 10.7. The van der Waals surface area contributed by atoms with E-state index in [4.69, 9.17) is 0 Å². The Kier molecular flexibility index (Phi) is 8.78. The van der Waals surface area contributed by atoms with Crippen molar-refractivity contribution in [1.82, 2.24) is 4.57 Å².